The van der Waals surface area contributed by atoms with Gasteiger partial charge in [0.2, 0.25) is 5.89 Å². The average Bonchev–Trinajstić information content (AvgIpc) is 3.49. The fraction of sp³-hybridized carbons (Fsp3) is 0.531. The van der Waals surface area contributed by atoms with Gasteiger partial charge in [0.05, 0.1) is 36.5 Å². The fourth-order valence-electron chi connectivity index (χ4n) is 5.98. The highest BCUT2D eigenvalue weighted by atomic mass is 32.2. The molecule has 47 heavy (non-hydrogen) atoms. The fourth-order valence-corrected chi connectivity index (χ4v) is 10.3. The Labute approximate surface area is 273 Å². The number of sulfone groups is 1. The van der Waals surface area contributed by atoms with Gasteiger partial charge in [0.15, 0.2) is 9.84 Å². The first-order valence-corrected chi connectivity index (χ1v) is 20.1. The van der Waals surface area contributed by atoms with Crippen molar-refractivity contribution in [1.82, 2.24) is 20.0 Å². The Bertz CT molecular complexity index is 1670. The topological polar surface area (TPSA) is 99.8 Å². The van der Waals surface area contributed by atoms with Crippen molar-refractivity contribution in [1.29, 1.82) is 0 Å². The third-order valence-electron chi connectivity index (χ3n) is 8.56. The number of aromatic nitrogens is 2. The number of alkyl halides is 3. The van der Waals surface area contributed by atoms with Gasteiger partial charge in [0.25, 0.3) is 0 Å². The lowest BCUT2D eigenvalue weighted by Gasteiger charge is -2.37. The van der Waals surface area contributed by atoms with Gasteiger partial charge in [-0.3, -0.25) is 9.80 Å². The van der Waals surface area contributed by atoms with Gasteiger partial charge in [-0.1, -0.05) is 39.0 Å². The van der Waals surface area contributed by atoms with Gasteiger partial charge < -0.3 is 9.32 Å². The van der Waals surface area contributed by atoms with E-state index in [1.807, 2.05) is 24.3 Å². The summed E-state index contributed by atoms with van der Waals surface area (Å²) in [7, 11) is -4.44. The predicted octanol–water partition coefficient (Wildman–Crippen LogP) is 6.26. The molecule has 3 aromatic rings. The van der Waals surface area contributed by atoms with E-state index in [-0.39, 0.29) is 47.7 Å². The van der Waals surface area contributed by atoms with Crippen LogP contribution < -0.4 is 4.90 Å². The molecule has 0 radical (unpaired) electrons. The monoisotopic (exact) mass is 698 g/mol. The van der Waals surface area contributed by atoms with Gasteiger partial charge >= 0.3 is 18.1 Å². The maximum atomic E-state index is 15.4. The van der Waals surface area contributed by atoms with Crippen LogP contribution in [0.3, 0.4) is 0 Å². The van der Waals surface area contributed by atoms with E-state index in [0.29, 0.717) is 5.69 Å². The summed E-state index contributed by atoms with van der Waals surface area (Å²) in [6, 6.07) is 10.9. The van der Waals surface area contributed by atoms with E-state index < -0.39 is 46.9 Å². The molecule has 1 aromatic heterocycles. The molecule has 3 heterocycles. The van der Waals surface area contributed by atoms with Crippen molar-refractivity contribution in [2.24, 2.45) is 5.41 Å². The summed E-state index contributed by atoms with van der Waals surface area (Å²) >= 11 is 0. The average molecular weight is 699 g/mol. The number of rotatable bonds is 7. The second-order valence-electron chi connectivity index (χ2n) is 14.0. The maximum Gasteiger partial charge on any atom is 0.470 e. The highest BCUT2D eigenvalue weighted by Crippen LogP contribution is 2.59. The summed E-state index contributed by atoms with van der Waals surface area (Å²) in [5.41, 5.74) is 2.00. The van der Waals surface area contributed by atoms with E-state index in [0.717, 1.165) is 31.9 Å². The zero-order valence-electron chi connectivity index (χ0n) is 27.1. The minimum absolute atomic E-state index is 0.0188. The molecule has 0 aliphatic carbocycles. The Hall–Kier alpha value is -3.09. The molecule has 9 nitrogen and oxygen atoms in total. The van der Waals surface area contributed by atoms with Crippen molar-refractivity contribution in [2.45, 2.75) is 39.7 Å². The summed E-state index contributed by atoms with van der Waals surface area (Å²) in [4.78, 5) is 19.2. The van der Waals surface area contributed by atoms with Crippen molar-refractivity contribution >= 4 is 28.8 Å². The minimum Gasteiger partial charge on any atom is -0.413 e. The van der Waals surface area contributed by atoms with Crippen molar-refractivity contribution < 1.29 is 35.2 Å². The first-order chi connectivity index (χ1) is 21.9. The Kier molecular flexibility index (Phi) is 10.1. The molecule has 256 valence electrons. The van der Waals surface area contributed by atoms with Crippen molar-refractivity contribution in [2.75, 3.05) is 68.1 Å². The minimum atomic E-state index is -4.84. The zero-order valence-corrected chi connectivity index (χ0v) is 28.8. The first-order valence-electron chi connectivity index (χ1n) is 15.5. The highest BCUT2D eigenvalue weighted by molar-refractivity contribution is 7.91. The van der Waals surface area contributed by atoms with Crippen molar-refractivity contribution in [3.8, 4) is 11.5 Å². The molecule has 2 aliphatic rings. The number of hydrogen-bond acceptors (Lipinski definition) is 7. The third kappa shape index (κ3) is 9.08. The number of amides is 2. The summed E-state index contributed by atoms with van der Waals surface area (Å²) in [5.74, 6) is -3.12. The lowest BCUT2D eigenvalue weighted by molar-refractivity contribution is -0.156. The molecule has 0 atom stereocenters. The molecule has 5 rings (SSSR count). The number of anilines is 1. The molecular formula is C32H41F4N5O4PS+. The number of hydrogen-bond donors (Lipinski definition) is 0. The molecule has 0 unspecified atom stereocenters. The van der Waals surface area contributed by atoms with Crippen LogP contribution in [0.5, 0.6) is 0 Å². The second kappa shape index (κ2) is 13.4. The van der Waals surface area contributed by atoms with Crippen LogP contribution in [0.15, 0.2) is 46.9 Å². The lowest BCUT2D eigenvalue weighted by atomic mass is 9.96. The highest BCUT2D eigenvalue weighted by Gasteiger charge is 2.39. The standard InChI is InChI=1S/C32H41F4N5O4PS/c1-31(2,3)22-39-11-15-46(4,16-12-39)21-23-5-9-26(10-6-23)41(30(42)40-13-17-47(43,44)18-14-40)20-25-8-7-24(19-27(25)33)28-37-38-29(45-28)32(34,35)36/h5-10,19H,11-18,20-22H2,1-4H3/q+1. The number of urea groups is 1. The normalized spacial score (nSPS) is 18.7. The van der Waals surface area contributed by atoms with Gasteiger partial charge in [-0.15, -0.1) is 10.2 Å². The van der Waals surface area contributed by atoms with E-state index in [1.165, 1.54) is 39.8 Å². The SMILES string of the molecule is CC(C)(C)CN1CC[P+](C)(Cc2ccc(N(Cc3ccc(-c4nnc(C(F)(F)F)o4)cc3F)C(=O)N3CCS(=O)(=O)CC3)cc2)CC1. The maximum absolute atomic E-state index is 15.4. The Balaban J connectivity index is 1.34. The summed E-state index contributed by atoms with van der Waals surface area (Å²) in [6.07, 6.45) is -1.49. The molecule has 15 heteroatoms. The number of benzene rings is 2. The van der Waals surface area contributed by atoms with Crippen molar-refractivity contribution in [3.63, 3.8) is 0 Å². The molecule has 2 aromatic carbocycles. The largest absolute Gasteiger partial charge is 0.470 e. The predicted molar refractivity (Wildman–Crippen MR) is 175 cm³/mol. The second-order valence-corrected chi connectivity index (χ2v) is 20.7. The van der Waals surface area contributed by atoms with Crippen LogP contribution in [0, 0.1) is 11.2 Å². The van der Waals surface area contributed by atoms with Gasteiger partial charge in [0, 0.05) is 63.5 Å². The zero-order chi connectivity index (χ0) is 34.2. The van der Waals surface area contributed by atoms with Gasteiger partial charge in [-0.25, -0.2) is 17.6 Å². The van der Waals surface area contributed by atoms with E-state index >= 15 is 4.39 Å². The quantitative estimate of drug-likeness (QED) is 0.212. The number of carbonyl (C=O) groups is 1. The van der Waals surface area contributed by atoms with E-state index in [2.05, 4.69) is 47.0 Å². The molecule has 2 amide bonds. The van der Waals surface area contributed by atoms with E-state index in [1.54, 1.807) is 0 Å². The van der Waals surface area contributed by atoms with Gasteiger partial charge in [-0.05, 0) is 35.2 Å². The Morgan fingerprint density at radius 3 is 2.17 bits per heavy atom. The Morgan fingerprint density at radius 2 is 1.62 bits per heavy atom. The number of carbonyl (C=O) groups excluding carboxylic acids is 1. The first kappa shape index (κ1) is 35.2. The van der Waals surface area contributed by atoms with Crippen LogP contribution in [0.4, 0.5) is 28.0 Å². The van der Waals surface area contributed by atoms with Crippen LogP contribution in [0.2, 0.25) is 0 Å². The molecule has 0 saturated carbocycles. The van der Waals surface area contributed by atoms with Gasteiger partial charge in [0.1, 0.15) is 5.82 Å². The van der Waals surface area contributed by atoms with Gasteiger partial charge in [-0.2, -0.15) is 13.2 Å². The molecule has 0 bridgehead atoms. The molecule has 2 saturated heterocycles. The molecule has 0 spiro atoms. The van der Waals surface area contributed by atoms with Crippen molar-refractivity contribution in [3.05, 3.63) is 65.3 Å². The smallest absolute Gasteiger partial charge is 0.413 e. The number of nitrogens with zero attached hydrogens (tertiary/aromatic N) is 5. The number of halogens is 4. The van der Waals surface area contributed by atoms with E-state index in [9.17, 15) is 26.4 Å². The molecule has 0 N–H and O–H groups in total. The third-order valence-corrected chi connectivity index (χ3v) is 13.9. The van der Waals surface area contributed by atoms with Crippen LogP contribution in [-0.2, 0) is 28.7 Å². The van der Waals surface area contributed by atoms with E-state index in [4.69, 9.17) is 0 Å². The summed E-state index contributed by atoms with van der Waals surface area (Å²) < 4.78 is 82.9. The lowest BCUT2D eigenvalue weighted by Crippen LogP contribution is -2.49. The Morgan fingerprint density at radius 1 is 0.979 bits per heavy atom. The van der Waals surface area contributed by atoms with Crippen LogP contribution >= 0.6 is 7.26 Å². The van der Waals surface area contributed by atoms with Crippen LogP contribution in [0.1, 0.15) is 37.8 Å². The summed E-state index contributed by atoms with van der Waals surface area (Å²) in [6.45, 7) is 12.3. The van der Waals surface area contributed by atoms with Crippen LogP contribution in [-0.4, -0.2) is 97.7 Å². The summed E-state index contributed by atoms with van der Waals surface area (Å²) in [5, 5.41) is 6.37. The molecular weight excluding hydrogens is 657 g/mol. The van der Waals surface area contributed by atoms with Crippen LogP contribution in [0.25, 0.3) is 11.5 Å². The molecule has 2 fully saturated rings. The molecule has 2 aliphatic heterocycles.